The lowest BCUT2D eigenvalue weighted by Gasteiger charge is -2.10. The van der Waals surface area contributed by atoms with Crippen molar-refractivity contribution in [2.75, 3.05) is 0 Å². The Morgan fingerprint density at radius 1 is 0.815 bits per heavy atom. The molecule has 0 N–H and O–H groups in total. The van der Waals surface area contributed by atoms with Gasteiger partial charge in [0.1, 0.15) is 0 Å². The van der Waals surface area contributed by atoms with Crippen molar-refractivity contribution >= 4 is 21.7 Å². The first-order valence-electron chi connectivity index (χ1n) is 8.62. The van der Waals surface area contributed by atoms with Crippen molar-refractivity contribution in [3.05, 3.63) is 107 Å². The molecule has 3 nitrogen and oxygen atoms in total. The monoisotopic (exact) mass is 376 g/mol. The molecular weight excluding hydrogens is 356 g/mol. The number of carbonyl (C=O) groups is 1. The molecule has 0 amide bonds. The predicted molar refractivity (Wildman–Crippen MR) is 108 cm³/mol. The normalized spacial score (nSPS) is 12.0. The van der Waals surface area contributed by atoms with Crippen molar-refractivity contribution in [3.8, 4) is 0 Å². The third-order valence-corrected chi connectivity index (χ3v) is 6.08. The fourth-order valence-corrected chi connectivity index (χ4v) is 4.12. The molecule has 0 bridgehead atoms. The van der Waals surface area contributed by atoms with E-state index in [1.54, 1.807) is 54.6 Å². The van der Waals surface area contributed by atoms with Crippen molar-refractivity contribution in [1.82, 2.24) is 0 Å². The largest absolute Gasteiger partial charge is 0.294 e. The van der Waals surface area contributed by atoms with Crippen LogP contribution in [0.2, 0.25) is 0 Å². The summed E-state index contributed by atoms with van der Waals surface area (Å²) in [5.41, 5.74) is 2.21. The number of allylic oxidation sites excluding steroid dienone is 1. The summed E-state index contributed by atoms with van der Waals surface area (Å²) in [4.78, 5) is 13.0. The van der Waals surface area contributed by atoms with E-state index in [1.807, 2.05) is 43.3 Å². The Kier molecular flexibility index (Phi) is 5.67. The second-order valence-corrected chi connectivity index (χ2v) is 8.31. The van der Waals surface area contributed by atoms with E-state index in [9.17, 15) is 13.2 Å². The van der Waals surface area contributed by atoms with Gasteiger partial charge in [-0.15, -0.1) is 0 Å². The van der Waals surface area contributed by atoms with E-state index < -0.39 is 9.84 Å². The predicted octanol–water partition coefficient (Wildman–Crippen LogP) is 5.08. The van der Waals surface area contributed by atoms with Crippen LogP contribution in [0.1, 0.15) is 27.9 Å². The summed E-state index contributed by atoms with van der Waals surface area (Å²) in [7, 11) is -3.78. The average molecular weight is 376 g/mol. The van der Waals surface area contributed by atoms with Crippen molar-refractivity contribution < 1.29 is 13.2 Å². The third-order valence-electron chi connectivity index (χ3n) is 4.23. The van der Waals surface area contributed by atoms with Gasteiger partial charge in [0.05, 0.1) is 9.80 Å². The number of aryl methyl sites for hydroxylation is 1. The second kappa shape index (κ2) is 8.14. The van der Waals surface area contributed by atoms with Gasteiger partial charge in [0, 0.05) is 12.0 Å². The second-order valence-electron chi connectivity index (χ2n) is 6.30. The van der Waals surface area contributed by atoms with E-state index in [0.29, 0.717) is 5.56 Å². The molecular formula is C23H20O3S. The quantitative estimate of drug-likeness (QED) is 0.564. The lowest BCUT2D eigenvalue weighted by Crippen LogP contribution is -2.10. The Labute approximate surface area is 159 Å². The molecule has 136 valence electrons. The van der Waals surface area contributed by atoms with Crippen LogP contribution in [0, 0.1) is 6.92 Å². The smallest absolute Gasteiger partial charge is 0.203 e. The van der Waals surface area contributed by atoms with Gasteiger partial charge in [-0.2, -0.15) is 0 Å². The highest BCUT2D eigenvalue weighted by Crippen LogP contribution is 2.26. The Hall–Kier alpha value is -2.98. The van der Waals surface area contributed by atoms with Gasteiger partial charge in [-0.25, -0.2) is 8.42 Å². The minimum absolute atomic E-state index is 0.0893. The van der Waals surface area contributed by atoms with Gasteiger partial charge >= 0.3 is 0 Å². The van der Waals surface area contributed by atoms with E-state index in [0.717, 1.165) is 11.1 Å². The van der Waals surface area contributed by atoms with Gasteiger partial charge in [0.15, 0.2) is 5.78 Å². The van der Waals surface area contributed by atoms with Gasteiger partial charge in [0.25, 0.3) is 0 Å². The topological polar surface area (TPSA) is 51.2 Å². The van der Waals surface area contributed by atoms with Crippen molar-refractivity contribution in [1.29, 1.82) is 0 Å². The van der Waals surface area contributed by atoms with Crippen molar-refractivity contribution in [3.63, 3.8) is 0 Å². The molecule has 0 aliphatic heterocycles. The highest BCUT2D eigenvalue weighted by molar-refractivity contribution is 7.95. The molecule has 0 spiro atoms. The first-order valence-corrected chi connectivity index (χ1v) is 10.1. The van der Waals surface area contributed by atoms with Crippen LogP contribution in [-0.2, 0) is 9.84 Å². The van der Waals surface area contributed by atoms with Crippen LogP contribution in [-0.4, -0.2) is 14.2 Å². The highest BCUT2D eigenvalue weighted by Gasteiger charge is 2.23. The molecule has 3 aromatic carbocycles. The number of benzene rings is 3. The summed E-state index contributed by atoms with van der Waals surface area (Å²) in [5.74, 6) is -0.228. The van der Waals surface area contributed by atoms with Crippen LogP contribution in [0.25, 0.3) is 6.08 Å². The molecule has 0 fully saturated rings. The lowest BCUT2D eigenvalue weighted by molar-refractivity contribution is 0.0994. The number of hydrogen-bond acceptors (Lipinski definition) is 3. The molecule has 0 aliphatic rings. The van der Waals surface area contributed by atoms with Crippen LogP contribution in [0.4, 0.5) is 0 Å². The van der Waals surface area contributed by atoms with Crippen LogP contribution >= 0.6 is 0 Å². The third kappa shape index (κ3) is 4.60. The van der Waals surface area contributed by atoms with Crippen LogP contribution in [0.15, 0.2) is 94.7 Å². The Balaban J connectivity index is 2.03. The number of sulfone groups is 1. The van der Waals surface area contributed by atoms with Gasteiger partial charge in [-0.05, 0) is 30.7 Å². The summed E-state index contributed by atoms with van der Waals surface area (Å²) in [5, 5.41) is 0. The Morgan fingerprint density at radius 3 is 1.96 bits per heavy atom. The molecule has 3 rings (SSSR count). The van der Waals surface area contributed by atoms with E-state index in [1.165, 1.54) is 0 Å². The maximum Gasteiger partial charge on any atom is 0.203 e. The minimum Gasteiger partial charge on any atom is -0.294 e. The molecule has 0 saturated carbocycles. The van der Waals surface area contributed by atoms with Gasteiger partial charge in [0.2, 0.25) is 9.84 Å². The first-order chi connectivity index (χ1) is 13.0. The van der Waals surface area contributed by atoms with Crippen molar-refractivity contribution in [2.24, 2.45) is 0 Å². The summed E-state index contributed by atoms with van der Waals surface area (Å²) < 4.78 is 26.4. The van der Waals surface area contributed by atoms with Gasteiger partial charge in [-0.1, -0.05) is 78.4 Å². The van der Waals surface area contributed by atoms with Crippen molar-refractivity contribution in [2.45, 2.75) is 18.2 Å². The zero-order valence-electron chi connectivity index (χ0n) is 15.0. The SMILES string of the molecule is Cc1ccc(S(=O)(=O)C(=Cc2ccccc2)CC(=O)c2ccccc2)cc1. The number of Topliss-reactive ketones (excluding diaryl/α,β-unsaturated/α-hetero) is 1. The molecule has 0 radical (unpaired) electrons. The lowest BCUT2D eigenvalue weighted by atomic mass is 10.1. The Morgan fingerprint density at radius 2 is 1.37 bits per heavy atom. The van der Waals surface area contributed by atoms with Crippen LogP contribution in [0.5, 0.6) is 0 Å². The number of carbonyl (C=O) groups excluding carboxylic acids is 1. The molecule has 0 unspecified atom stereocenters. The Bertz CT molecular complexity index is 1050. The van der Waals surface area contributed by atoms with Crippen LogP contribution < -0.4 is 0 Å². The maximum atomic E-state index is 13.2. The first kappa shape index (κ1) is 18.8. The summed E-state index contributed by atoms with van der Waals surface area (Å²) in [6.45, 7) is 1.90. The number of ketones is 1. The molecule has 0 aromatic heterocycles. The van der Waals surface area contributed by atoms with E-state index in [4.69, 9.17) is 0 Å². The summed E-state index contributed by atoms with van der Waals surface area (Å²) >= 11 is 0. The number of rotatable bonds is 6. The highest BCUT2D eigenvalue weighted by atomic mass is 32.2. The fourth-order valence-electron chi connectivity index (χ4n) is 2.71. The minimum atomic E-state index is -3.78. The summed E-state index contributed by atoms with van der Waals surface area (Å²) in [6, 6.07) is 24.6. The molecule has 0 atom stereocenters. The van der Waals surface area contributed by atoms with E-state index in [2.05, 4.69) is 0 Å². The van der Waals surface area contributed by atoms with Crippen LogP contribution in [0.3, 0.4) is 0 Å². The molecule has 27 heavy (non-hydrogen) atoms. The average Bonchev–Trinajstić information content (AvgIpc) is 2.69. The summed E-state index contributed by atoms with van der Waals surface area (Å²) in [6.07, 6.45) is 1.39. The number of hydrogen-bond donors (Lipinski definition) is 0. The standard InChI is InChI=1S/C23H20O3S/c1-18-12-14-21(15-13-18)27(25,26)22(16-19-8-4-2-5-9-19)17-23(24)20-10-6-3-7-11-20/h2-16H,17H2,1H3. The fraction of sp³-hybridized carbons (Fsp3) is 0.0870. The van der Waals surface area contributed by atoms with E-state index in [-0.39, 0.29) is 22.0 Å². The molecule has 0 heterocycles. The molecule has 3 aromatic rings. The molecule has 4 heteroatoms. The molecule has 0 saturated heterocycles. The zero-order valence-corrected chi connectivity index (χ0v) is 15.8. The maximum absolute atomic E-state index is 13.2. The molecule has 0 aliphatic carbocycles. The van der Waals surface area contributed by atoms with Gasteiger partial charge in [-0.3, -0.25) is 4.79 Å². The van der Waals surface area contributed by atoms with Gasteiger partial charge < -0.3 is 0 Å². The van der Waals surface area contributed by atoms with E-state index >= 15 is 0 Å². The zero-order chi connectivity index (χ0) is 19.3.